The van der Waals surface area contributed by atoms with Gasteiger partial charge in [-0.3, -0.25) is 19.4 Å². The molecule has 4 aromatic rings. The van der Waals surface area contributed by atoms with Gasteiger partial charge in [0.25, 0.3) is 8.32 Å². The number of benzene rings is 4. The Hall–Kier alpha value is -4.10. The third-order valence-corrected chi connectivity index (χ3v) is 19.4. The molecular formula is C51H60BBrN2O6Si. The van der Waals surface area contributed by atoms with Crippen LogP contribution in [-0.2, 0) is 25.2 Å². The van der Waals surface area contributed by atoms with Gasteiger partial charge in [0.1, 0.15) is 5.75 Å². The maximum Gasteiger partial charge on any atom is 0.455 e. The van der Waals surface area contributed by atoms with Crippen LogP contribution in [0.1, 0.15) is 77.3 Å². The Labute approximate surface area is 377 Å². The molecule has 62 heavy (non-hydrogen) atoms. The maximum atomic E-state index is 14.9. The summed E-state index contributed by atoms with van der Waals surface area (Å²) in [7, 11) is -4.06. The number of fused-ring (bicyclic) bond motifs is 3. The van der Waals surface area contributed by atoms with Crippen LogP contribution >= 0.6 is 15.9 Å². The zero-order valence-corrected chi connectivity index (χ0v) is 39.1. The third kappa shape index (κ3) is 8.99. The quantitative estimate of drug-likeness (QED) is 0.0787. The number of rotatable bonds is 13. The van der Waals surface area contributed by atoms with Crippen molar-refractivity contribution in [3.63, 3.8) is 0 Å². The summed E-state index contributed by atoms with van der Waals surface area (Å²) in [5.41, 5.74) is 5.18. The van der Waals surface area contributed by atoms with Crippen LogP contribution in [0.4, 0.5) is 0 Å². The minimum Gasteiger partial charge on any atom is -0.507 e. The van der Waals surface area contributed by atoms with Crippen LogP contribution in [0.3, 0.4) is 0 Å². The molecular weight excluding hydrogens is 855 g/mol. The second-order valence-corrected chi connectivity index (χ2v) is 23.9. The molecule has 4 aromatic carbocycles. The number of piperidine rings is 1. The third-order valence-electron chi connectivity index (χ3n) is 13.9. The molecule has 3 heterocycles. The number of hydrogen-bond donors (Lipinski definition) is 2. The van der Waals surface area contributed by atoms with Gasteiger partial charge in [-0.05, 0) is 101 Å². The fourth-order valence-corrected chi connectivity index (χ4v) is 15.9. The number of likely N-dealkylation sites (tertiary alicyclic amines) is 2. The molecule has 0 spiro atoms. The Morgan fingerprint density at radius 2 is 1.53 bits per heavy atom. The van der Waals surface area contributed by atoms with Crippen molar-refractivity contribution in [3.8, 4) is 5.75 Å². The van der Waals surface area contributed by atoms with Crippen molar-refractivity contribution in [2.24, 2.45) is 17.8 Å². The molecule has 4 atom stereocenters. The van der Waals surface area contributed by atoms with Crippen LogP contribution in [0, 0.1) is 17.8 Å². The number of carbonyl (C=O) groups is 2. The normalized spacial score (nSPS) is 22.9. The summed E-state index contributed by atoms with van der Waals surface area (Å²) in [6.45, 7) is 11.7. The highest BCUT2D eigenvalue weighted by molar-refractivity contribution is 9.10. The number of allylic oxidation sites excluding steroid dienone is 1. The van der Waals surface area contributed by atoms with E-state index in [1.54, 1.807) is 11.0 Å². The molecule has 0 bridgehead atoms. The lowest BCUT2D eigenvalue weighted by molar-refractivity contribution is -0.144. The van der Waals surface area contributed by atoms with E-state index < -0.39 is 33.4 Å². The number of nitrogens with zero attached hydrogens (tertiary/aromatic N) is 2. The van der Waals surface area contributed by atoms with Crippen molar-refractivity contribution in [3.05, 3.63) is 142 Å². The van der Waals surface area contributed by atoms with Gasteiger partial charge in [-0.1, -0.05) is 146 Å². The summed E-state index contributed by atoms with van der Waals surface area (Å²) >= 11 is 3.55. The molecule has 8 nitrogen and oxygen atoms in total. The molecule has 4 aliphatic rings. The second kappa shape index (κ2) is 18.9. The fraction of sp³-hybridized carbons (Fsp3) is 0.412. The zero-order valence-electron chi connectivity index (χ0n) is 36.5. The summed E-state index contributed by atoms with van der Waals surface area (Å²) in [4.78, 5) is 33.7. The minimum absolute atomic E-state index is 0.0777. The predicted octanol–water partition coefficient (Wildman–Crippen LogP) is 8.77. The van der Waals surface area contributed by atoms with Crippen molar-refractivity contribution in [1.82, 2.24) is 9.80 Å². The summed E-state index contributed by atoms with van der Waals surface area (Å²) in [6.07, 6.45) is 5.71. The lowest BCUT2D eigenvalue weighted by Crippen LogP contribution is -2.66. The molecule has 8 rings (SSSR count). The molecule has 3 aliphatic heterocycles. The lowest BCUT2D eigenvalue weighted by Gasteiger charge is -2.46. The van der Waals surface area contributed by atoms with E-state index in [1.807, 2.05) is 36.4 Å². The van der Waals surface area contributed by atoms with E-state index in [4.69, 9.17) is 9.08 Å². The van der Waals surface area contributed by atoms with E-state index in [1.165, 1.54) is 15.9 Å². The van der Waals surface area contributed by atoms with Crippen molar-refractivity contribution < 1.29 is 28.8 Å². The van der Waals surface area contributed by atoms with Gasteiger partial charge >= 0.3 is 7.12 Å². The molecule has 0 aromatic heterocycles. The molecule has 3 fully saturated rings. The molecule has 324 valence electrons. The molecule has 11 heteroatoms. The number of amides is 2. The van der Waals surface area contributed by atoms with Crippen LogP contribution in [0.15, 0.2) is 130 Å². The smallest absolute Gasteiger partial charge is 0.455 e. The number of carbonyl (C=O) groups excluding carboxylic acids is 2. The van der Waals surface area contributed by atoms with E-state index in [-0.39, 0.29) is 40.9 Å². The molecule has 0 radical (unpaired) electrons. The van der Waals surface area contributed by atoms with Gasteiger partial charge in [0, 0.05) is 35.7 Å². The van der Waals surface area contributed by atoms with Gasteiger partial charge in [-0.2, -0.15) is 0 Å². The number of phenolic OH excluding ortho intramolecular Hbond substituents is 1. The van der Waals surface area contributed by atoms with E-state index in [0.717, 1.165) is 65.7 Å². The second-order valence-electron chi connectivity index (χ2n) is 18.7. The number of hydrogen-bond acceptors (Lipinski definition) is 7. The van der Waals surface area contributed by atoms with Gasteiger partial charge < -0.3 is 19.2 Å². The van der Waals surface area contributed by atoms with Crippen LogP contribution in [0.25, 0.3) is 6.08 Å². The van der Waals surface area contributed by atoms with E-state index in [0.29, 0.717) is 25.9 Å². The summed E-state index contributed by atoms with van der Waals surface area (Å²) in [5.74, 6) is -1.40. The van der Waals surface area contributed by atoms with Crippen molar-refractivity contribution in [2.45, 2.75) is 96.3 Å². The van der Waals surface area contributed by atoms with Gasteiger partial charge in [0.15, 0.2) is 0 Å². The van der Waals surface area contributed by atoms with E-state index in [9.17, 15) is 19.7 Å². The molecule has 3 saturated heterocycles. The lowest BCUT2D eigenvalue weighted by atomic mass is 9.58. The number of phenols is 1. The number of halogens is 1. The highest BCUT2D eigenvalue weighted by atomic mass is 79.9. The van der Waals surface area contributed by atoms with Crippen LogP contribution in [0.5, 0.6) is 5.75 Å². The van der Waals surface area contributed by atoms with Crippen molar-refractivity contribution in [2.75, 3.05) is 19.7 Å². The van der Waals surface area contributed by atoms with Gasteiger partial charge in [-0.15, -0.1) is 0 Å². The topological polar surface area (TPSA) is 99.5 Å². The van der Waals surface area contributed by atoms with Crippen molar-refractivity contribution in [1.29, 1.82) is 0 Å². The first-order chi connectivity index (χ1) is 29.9. The summed E-state index contributed by atoms with van der Waals surface area (Å²) in [5, 5.41) is 24.3. The summed E-state index contributed by atoms with van der Waals surface area (Å²) in [6, 6.07) is 36.9. The molecule has 0 unspecified atom stereocenters. The minimum atomic E-state index is -2.99. The monoisotopic (exact) mass is 914 g/mol. The van der Waals surface area contributed by atoms with Crippen LogP contribution in [-0.4, -0.2) is 79.0 Å². The number of imide groups is 1. The zero-order chi connectivity index (χ0) is 43.6. The Morgan fingerprint density at radius 1 is 0.903 bits per heavy atom. The first kappa shape index (κ1) is 44.5. The molecule has 0 saturated carbocycles. The average molecular weight is 916 g/mol. The SMILES string of the molecule is CC/C(=C\c1cc(Br)ccc1O)CC[C@H]1OB(O)C[C@H]2C1=C(CO[Si](c1ccccc1)(c1ccccc1)C(C)(C)C)C[C@H]1C(=O)N(C3CCN(Cc4ccccc4)CC3)C(=O)[C@H]12. The van der Waals surface area contributed by atoms with Crippen LogP contribution < -0.4 is 10.4 Å². The van der Waals surface area contributed by atoms with E-state index >= 15 is 0 Å². The summed E-state index contributed by atoms with van der Waals surface area (Å²) < 4.78 is 15.0. The Bertz CT molecular complexity index is 2240. The Kier molecular flexibility index (Phi) is 13.6. The highest BCUT2D eigenvalue weighted by Crippen LogP contribution is 2.52. The first-order valence-electron chi connectivity index (χ1n) is 22.5. The molecule has 2 N–H and O–H groups in total. The Balaban J connectivity index is 1.14. The molecule has 1 aliphatic carbocycles. The standard InChI is InChI=1S/C51H60BBrN2O6Si/c1-5-35(29-37-30-39(53)22-23-45(37)56)21-24-46-47-38(34-60-62(51(2,3)4,41-17-11-7-12-18-41)42-19-13-8-14-20-42)31-43-48(44(47)32-52(59)61-46)50(58)55(49(43)57)40-25-27-54(28-26-40)33-36-15-9-6-10-16-36/h6-20,22-23,29-30,40,43-44,46,48,56,59H,5,21,24-28,31-34H2,1-4H3/b35-29+/t43-,44+,46-,48-/m1/s1. The van der Waals surface area contributed by atoms with Gasteiger partial charge in [-0.25, -0.2) is 0 Å². The number of aromatic hydroxyl groups is 1. The predicted molar refractivity (Wildman–Crippen MR) is 253 cm³/mol. The van der Waals surface area contributed by atoms with Crippen molar-refractivity contribution >= 4 is 59.6 Å². The highest BCUT2D eigenvalue weighted by Gasteiger charge is 2.59. The van der Waals surface area contributed by atoms with E-state index in [2.05, 4.69) is 121 Å². The Morgan fingerprint density at radius 3 is 2.15 bits per heavy atom. The van der Waals surface area contributed by atoms with Gasteiger partial charge in [0.2, 0.25) is 11.8 Å². The van der Waals surface area contributed by atoms with Crippen LogP contribution in [0.2, 0.25) is 11.4 Å². The van der Waals surface area contributed by atoms with Gasteiger partial charge in [0.05, 0.1) is 24.5 Å². The molecule has 2 amide bonds. The largest absolute Gasteiger partial charge is 0.507 e. The average Bonchev–Trinajstić information content (AvgIpc) is 3.52. The maximum absolute atomic E-state index is 14.9. The fourth-order valence-electron chi connectivity index (χ4n) is 10.9. The first-order valence-corrected chi connectivity index (χ1v) is 25.2.